The van der Waals surface area contributed by atoms with E-state index in [0.717, 1.165) is 12.2 Å². The number of hydrogen-bond donors (Lipinski definition) is 2. The van der Waals surface area contributed by atoms with Crippen LogP contribution in [0.4, 0.5) is 5.69 Å². The van der Waals surface area contributed by atoms with Crippen molar-refractivity contribution in [2.45, 2.75) is 62.9 Å². The number of fused-ring (bicyclic) bond motifs is 1. The molecule has 216 valence electrons. The first-order chi connectivity index (χ1) is 19.5. The van der Waals surface area contributed by atoms with Crippen LogP contribution in [0.1, 0.15) is 65.2 Å². The summed E-state index contributed by atoms with van der Waals surface area (Å²) < 4.78 is 29.5. The fourth-order valence-electron chi connectivity index (χ4n) is 6.06. The highest BCUT2D eigenvalue weighted by atomic mass is 32.2. The molecule has 3 aromatic rings. The second-order valence-electron chi connectivity index (χ2n) is 12.1. The summed E-state index contributed by atoms with van der Waals surface area (Å²) in [6.45, 7) is 7.45. The largest absolute Gasteiger partial charge is 0.380 e. The molecule has 0 radical (unpaired) electrons. The van der Waals surface area contributed by atoms with Crippen molar-refractivity contribution < 1.29 is 18.0 Å². The highest BCUT2D eigenvalue weighted by molar-refractivity contribution is 7.89. The third kappa shape index (κ3) is 5.01. The minimum atomic E-state index is -3.62. The number of primary amides is 1. The molecule has 3 aliphatic rings. The second-order valence-corrected chi connectivity index (χ2v) is 14.0. The molecule has 3 heterocycles. The van der Waals surface area contributed by atoms with E-state index >= 15 is 0 Å². The van der Waals surface area contributed by atoms with Crippen molar-refractivity contribution in [3.05, 3.63) is 71.0 Å². The summed E-state index contributed by atoms with van der Waals surface area (Å²) in [5, 5.41) is 8.15. The number of nitrogens with one attached hydrogen (secondary N) is 1. The predicted octanol–water partition coefficient (Wildman–Crippen LogP) is 3.34. The van der Waals surface area contributed by atoms with E-state index in [2.05, 4.69) is 19.2 Å². The van der Waals surface area contributed by atoms with E-state index in [1.165, 1.54) is 17.1 Å². The van der Waals surface area contributed by atoms with Gasteiger partial charge in [0, 0.05) is 43.3 Å². The lowest BCUT2D eigenvalue weighted by atomic mass is 9.87. The van der Waals surface area contributed by atoms with Crippen LogP contribution < -0.4 is 11.1 Å². The molecule has 0 spiro atoms. The Balaban J connectivity index is 1.29. The van der Waals surface area contributed by atoms with Gasteiger partial charge in [-0.15, -0.1) is 0 Å². The summed E-state index contributed by atoms with van der Waals surface area (Å²) in [7, 11) is -3.62. The SMILES string of the molecule is Cc1nn(-c2ccc(C(N)=O)c(N[C@H]3CCN(S(=O)(=O)c4ccccc4)C3)c2)c2c1C(=O)N(CC1CC1)C(C)(C)C2. The maximum atomic E-state index is 13.7. The maximum absolute atomic E-state index is 13.7. The topological polar surface area (TPSA) is 131 Å². The van der Waals surface area contributed by atoms with E-state index in [-0.39, 0.29) is 28.9 Å². The molecule has 1 saturated carbocycles. The zero-order valence-electron chi connectivity index (χ0n) is 23.6. The number of carbonyl (C=O) groups is 2. The number of nitrogens with two attached hydrogens (primary N) is 1. The van der Waals surface area contributed by atoms with Gasteiger partial charge in [-0.05, 0) is 76.3 Å². The number of hydrogen-bond acceptors (Lipinski definition) is 6. The standard InChI is InChI=1S/C30H36N6O4S/c1-19-27-26(16-30(2,3)35(29(27)38)17-20-9-10-20)36(33-19)22-11-12-24(28(31)37)25(15-22)32-21-13-14-34(18-21)41(39,40)23-7-5-4-6-8-23/h4-8,11-12,15,20-21,32H,9-10,13-14,16-18H2,1-3H3,(H2,31,37)/t21-/m0/s1. The smallest absolute Gasteiger partial charge is 0.258 e. The lowest BCUT2D eigenvalue weighted by Crippen LogP contribution is -2.53. The minimum absolute atomic E-state index is 0.0182. The van der Waals surface area contributed by atoms with E-state index in [4.69, 9.17) is 10.8 Å². The van der Waals surface area contributed by atoms with E-state index < -0.39 is 15.9 Å². The lowest BCUT2D eigenvalue weighted by molar-refractivity contribution is 0.0487. The molecule has 41 heavy (non-hydrogen) atoms. The number of anilines is 1. The van der Waals surface area contributed by atoms with Crippen molar-refractivity contribution in [1.82, 2.24) is 19.0 Å². The van der Waals surface area contributed by atoms with Crippen LogP contribution in [0.3, 0.4) is 0 Å². The van der Waals surface area contributed by atoms with Crippen LogP contribution in [0, 0.1) is 12.8 Å². The number of aryl methyl sites for hydroxylation is 1. The van der Waals surface area contributed by atoms with Crippen LogP contribution in [-0.2, 0) is 16.4 Å². The van der Waals surface area contributed by atoms with Crippen LogP contribution in [0.25, 0.3) is 5.69 Å². The van der Waals surface area contributed by atoms with Crippen LogP contribution in [0.15, 0.2) is 53.4 Å². The third-order valence-electron chi connectivity index (χ3n) is 8.49. The summed E-state index contributed by atoms with van der Waals surface area (Å²) in [6.07, 6.45) is 3.56. The Labute approximate surface area is 240 Å². The van der Waals surface area contributed by atoms with Gasteiger partial charge in [0.2, 0.25) is 10.0 Å². The van der Waals surface area contributed by atoms with Gasteiger partial charge in [0.1, 0.15) is 0 Å². The zero-order chi connectivity index (χ0) is 29.1. The summed E-state index contributed by atoms with van der Waals surface area (Å²) in [5.41, 5.74) is 9.06. The van der Waals surface area contributed by atoms with Gasteiger partial charge in [-0.1, -0.05) is 18.2 Å². The normalized spacial score (nSPS) is 20.7. The molecule has 1 aromatic heterocycles. The van der Waals surface area contributed by atoms with Crippen molar-refractivity contribution in [2.24, 2.45) is 11.7 Å². The highest BCUT2D eigenvalue weighted by Gasteiger charge is 2.44. The van der Waals surface area contributed by atoms with Crippen LogP contribution >= 0.6 is 0 Å². The van der Waals surface area contributed by atoms with Crippen LogP contribution in [0.5, 0.6) is 0 Å². The molecule has 10 nitrogen and oxygen atoms in total. The summed E-state index contributed by atoms with van der Waals surface area (Å²) >= 11 is 0. The summed E-state index contributed by atoms with van der Waals surface area (Å²) in [4.78, 5) is 28.3. The Morgan fingerprint density at radius 2 is 1.85 bits per heavy atom. The van der Waals surface area contributed by atoms with Gasteiger partial charge >= 0.3 is 0 Å². The number of benzene rings is 2. The average Bonchev–Trinajstić information content (AvgIpc) is 3.53. The zero-order valence-corrected chi connectivity index (χ0v) is 24.4. The first-order valence-electron chi connectivity index (χ1n) is 14.1. The Bertz CT molecular complexity index is 1630. The molecule has 6 rings (SSSR count). The average molecular weight is 577 g/mol. The monoisotopic (exact) mass is 576 g/mol. The second kappa shape index (κ2) is 9.99. The van der Waals surface area contributed by atoms with Gasteiger partial charge in [-0.2, -0.15) is 9.40 Å². The fraction of sp³-hybridized carbons (Fsp3) is 0.433. The molecule has 1 atom stereocenters. The van der Waals surface area contributed by atoms with Crippen LogP contribution in [0.2, 0.25) is 0 Å². The molecular formula is C30H36N6O4S. The molecule has 0 unspecified atom stereocenters. The first kappa shape index (κ1) is 27.5. The number of amides is 2. The van der Waals surface area contributed by atoms with Crippen molar-refractivity contribution in [3.63, 3.8) is 0 Å². The molecule has 2 aliphatic heterocycles. The van der Waals surface area contributed by atoms with Gasteiger partial charge in [-0.3, -0.25) is 9.59 Å². The number of sulfonamides is 1. The van der Waals surface area contributed by atoms with E-state index in [9.17, 15) is 18.0 Å². The summed E-state index contributed by atoms with van der Waals surface area (Å²) in [6, 6.07) is 13.4. The molecule has 0 bridgehead atoms. The number of carbonyl (C=O) groups excluding carboxylic acids is 2. The Kier molecular flexibility index (Phi) is 6.69. The number of rotatable bonds is 8. The van der Waals surface area contributed by atoms with Crippen LogP contribution in [-0.4, -0.2) is 70.4 Å². The molecule has 2 fully saturated rings. The summed E-state index contributed by atoms with van der Waals surface area (Å²) in [5.74, 6) is 0.0143. The molecule has 2 aromatic carbocycles. The van der Waals surface area contributed by atoms with Gasteiger partial charge in [0.05, 0.1) is 33.1 Å². The molecule has 11 heteroatoms. The number of aromatic nitrogens is 2. The molecule has 3 N–H and O–H groups in total. The van der Waals surface area contributed by atoms with E-state index in [0.29, 0.717) is 53.5 Å². The molecule has 2 amide bonds. The molecular weight excluding hydrogens is 540 g/mol. The molecule has 1 aliphatic carbocycles. The predicted molar refractivity (Wildman–Crippen MR) is 156 cm³/mol. The van der Waals surface area contributed by atoms with Gasteiger partial charge in [0.25, 0.3) is 11.8 Å². The maximum Gasteiger partial charge on any atom is 0.258 e. The van der Waals surface area contributed by atoms with E-state index in [1.807, 2.05) is 17.9 Å². The Hall–Kier alpha value is -3.70. The highest BCUT2D eigenvalue weighted by Crippen LogP contribution is 2.38. The Morgan fingerprint density at radius 1 is 1.12 bits per heavy atom. The molecule has 1 saturated heterocycles. The van der Waals surface area contributed by atoms with Crippen molar-refractivity contribution in [2.75, 3.05) is 25.0 Å². The van der Waals surface area contributed by atoms with Gasteiger partial charge in [0.15, 0.2) is 0 Å². The first-order valence-corrected chi connectivity index (χ1v) is 15.6. The van der Waals surface area contributed by atoms with E-state index in [1.54, 1.807) is 47.1 Å². The Morgan fingerprint density at radius 3 is 2.54 bits per heavy atom. The third-order valence-corrected chi connectivity index (χ3v) is 10.4. The van der Waals surface area contributed by atoms with Gasteiger partial charge < -0.3 is 16.0 Å². The van der Waals surface area contributed by atoms with Gasteiger partial charge in [-0.25, -0.2) is 13.1 Å². The van der Waals surface area contributed by atoms with Crippen molar-refractivity contribution in [1.29, 1.82) is 0 Å². The fourth-order valence-corrected chi connectivity index (χ4v) is 7.58. The van der Waals surface area contributed by atoms with Crippen molar-refractivity contribution >= 4 is 27.5 Å². The number of nitrogens with zero attached hydrogens (tertiary/aromatic N) is 4. The van der Waals surface area contributed by atoms with Crippen molar-refractivity contribution in [3.8, 4) is 5.69 Å². The lowest BCUT2D eigenvalue weighted by Gasteiger charge is -2.42. The minimum Gasteiger partial charge on any atom is -0.380 e. The quantitative estimate of drug-likeness (QED) is 0.423.